The van der Waals surface area contributed by atoms with Gasteiger partial charge in [0.25, 0.3) is 0 Å². The van der Waals surface area contributed by atoms with E-state index in [1.807, 2.05) is 24.5 Å². The van der Waals surface area contributed by atoms with Crippen molar-refractivity contribution >= 4 is 17.4 Å². The van der Waals surface area contributed by atoms with E-state index in [1.165, 1.54) is 0 Å². The molecule has 1 N–H and O–H groups in total. The van der Waals surface area contributed by atoms with Crippen LogP contribution in [0.2, 0.25) is 0 Å². The second-order valence-corrected chi connectivity index (χ2v) is 2.61. The maximum atomic E-state index is 7.23. The molecule has 0 aliphatic carbocycles. The van der Waals surface area contributed by atoms with Gasteiger partial charge in [-0.25, -0.2) is 0 Å². The molecule has 1 rings (SSSR count). The van der Waals surface area contributed by atoms with E-state index in [9.17, 15) is 0 Å². The minimum Gasteiger partial charge on any atom is -0.699 e. The molecular formula is C7H8NSY-. The Bertz CT molecular complexity index is 203. The summed E-state index contributed by atoms with van der Waals surface area (Å²) in [6, 6.07) is 7.53. The summed E-state index contributed by atoms with van der Waals surface area (Å²) in [6.07, 6.45) is 2.01. The molecule has 0 aromatic heterocycles. The van der Waals surface area contributed by atoms with Crippen LogP contribution in [0.1, 0.15) is 0 Å². The Hall–Kier alpha value is 0.474. The van der Waals surface area contributed by atoms with Crippen molar-refractivity contribution in [1.29, 1.82) is 0 Å². The fourth-order valence-electron chi connectivity index (χ4n) is 0.623. The first-order valence-electron chi connectivity index (χ1n) is 2.68. The third-order valence-corrected chi connectivity index (χ3v) is 1.80. The van der Waals surface area contributed by atoms with Crippen LogP contribution in [0.15, 0.2) is 29.2 Å². The second-order valence-electron chi connectivity index (χ2n) is 1.73. The van der Waals surface area contributed by atoms with Gasteiger partial charge in [-0.3, -0.25) is 0 Å². The molecule has 51 valence electrons. The zero-order valence-electron chi connectivity index (χ0n) is 5.79. The molecule has 0 amide bonds. The van der Waals surface area contributed by atoms with Crippen molar-refractivity contribution in [2.75, 3.05) is 6.26 Å². The SMILES string of the molecule is CSc1cccc([NH-])c1.[Y]. The Morgan fingerprint density at radius 2 is 2.10 bits per heavy atom. The van der Waals surface area contributed by atoms with Crippen LogP contribution in [0.4, 0.5) is 5.69 Å². The summed E-state index contributed by atoms with van der Waals surface area (Å²) in [5, 5.41) is 0. The van der Waals surface area contributed by atoms with E-state index in [2.05, 4.69) is 0 Å². The largest absolute Gasteiger partial charge is 0.699 e. The predicted octanol–water partition coefficient (Wildman–Crippen LogP) is 3.09. The number of hydrogen-bond donors (Lipinski definition) is 0. The van der Waals surface area contributed by atoms with Gasteiger partial charge in [-0.15, -0.1) is 17.4 Å². The summed E-state index contributed by atoms with van der Waals surface area (Å²) in [5.41, 5.74) is 7.81. The average molecular weight is 227 g/mol. The van der Waals surface area contributed by atoms with Gasteiger partial charge in [0.05, 0.1) is 0 Å². The van der Waals surface area contributed by atoms with Gasteiger partial charge in [0, 0.05) is 37.6 Å². The molecule has 1 radical (unpaired) electrons. The van der Waals surface area contributed by atoms with Crippen molar-refractivity contribution in [3.8, 4) is 0 Å². The van der Waals surface area contributed by atoms with E-state index in [0.717, 1.165) is 4.90 Å². The number of thioether (sulfide) groups is 1. The van der Waals surface area contributed by atoms with Crippen LogP contribution < -0.4 is 0 Å². The summed E-state index contributed by atoms with van der Waals surface area (Å²) < 4.78 is 0. The van der Waals surface area contributed by atoms with E-state index in [0.29, 0.717) is 5.69 Å². The molecule has 0 bridgehead atoms. The molecule has 1 nitrogen and oxygen atoms in total. The van der Waals surface area contributed by atoms with Crippen LogP contribution in [0.25, 0.3) is 5.73 Å². The summed E-state index contributed by atoms with van der Waals surface area (Å²) in [7, 11) is 0. The Balaban J connectivity index is 0.000000810. The first-order valence-corrected chi connectivity index (χ1v) is 3.91. The van der Waals surface area contributed by atoms with Gasteiger partial charge in [0.2, 0.25) is 0 Å². The second kappa shape index (κ2) is 5.17. The molecule has 1 aromatic carbocycles. The van der Waals surface area contributed by atoms with Crippen molar-refractivity contribution in [3.05, 3.63) is 30.0 Å². The van der Waals surface area contributed by atoms with Gasteiger partial charge in [0.15, 0.2) is 0 Å². The number of nitrogens with one attached hydrogen (secondary N) is 1. The molecule has 0 spiro atoms. The van der Waals surface area contributed by atoms with Gasteiger partial charge < -0.3 is 5.73 Å². The zero-order valence-corrected chi connectivity index (χ0v) is 9.45. The normalized spacial score (nSPS) is 8.50. The minimum absolute atomic E-state index is 0. The molecule has 0 unspecified atom stereocenters. The summed E-state index contributed by atoms with van der Waals surface area (Å²) in [5.74, 6) is 0. The molecule has 0 saturated carbocycles. The third kappa shape index (κ3) is 3.04. The molecule has 0 fully saturated rings. The number of benzene rings is 1. The summed E-state index contributed by atoms with van der Waals surface area (Å²) in [4.78, 5) is 1.16. The van der Waals surface area contributed by atoms with E-state index in [4.69, 9.17) is 5.73 Å². The van der Waals surface area contributed by atoms with E-state index in [-0.39, 0.29) is 32.7 Å². The van der Waals surface area contributed by atoms with Gasteiger partial charge >= 0.3 is 0 Å². The molecular weight excluding hydrogens is 219 g/mol. The standard InChI is InChI=1S/C7H8NS.Y/c1-9-7-4-2-3-6(8)5-7;/h2-5,8H,1H3;/q-1;. The monoisotopic (exact) mass is 227 g/mol. The van der Waals surface area contributed by atoms with Crippen molar-refractivity contribution < 1.29 is 32.7 Å². The van der Waals surface area contributed by atoms with E-state index >= 15 is 0 Å². The Labute approximate surface area is 90.6 Å². The Morgan fingerprint density at radius 3 is 2.50 bits per heavy atom. The van der Waals surface area contributed by atoms with Crippen LogP contribution >= 0.6 is 11.8 Å². The van der Waals surface area contributed by atoms with E-state index in [1.54, 1.807) is 17.8 Å². The number of hydrogen-bond acceptors (Lipinski definition) is 1. The molecule has 1 aromatic rings. The molecule has 0 aliphatic rings. The van der Waals surface area contributed by atoms with Gasteiger partial charge in [-0.05, 0) is 12.3 Å². The van der Waals surface area contributed by atoms with Gasteiger partial charge in [0.1, 0.15) is 0 Å². The van der Waals surface area contributed by atoms with Crippen molar-refractivity contribution in [2.24, 2.45) is 0 Å². The quantitative estimate of drug-likeness (QED) is 0.676. The van der Waals surface area contributed by atoms with Gasteiger partial charge in [-0.2, -0.15) is 0 Å². The van der Waals surface area contributed by atoms with Gasteiger partial charge in [-0.1, -0.05) is 18.2 Å². The molecule has 0 heterocycles. The maximum absolute atomic E-state index is 7.23. The molecule has 0 aliphatic heterocycles. The fraction of sp³-hybridized carbons (Fsp3) is 0.143. The topological polar surface area (TPSA) is 23.8 Å². The fourth-order valence-corrected chi connectivity index (χ4v) is 1.08. The van der Waals surface area contributed by atoms with Crippen LogP contribution in [0.5, 0.6) is 0 Å². The molecule has 10 heavy (non-hydrogen) atoms. The Kier molecular flexibility index (Phi) is 5.41. The van der Waals surface area contributed by atoms with Crippen LogP contribution in [0, 0.1) is 0 Å². The number of rotatable bonds is 1. The molecule has 3 heteroatoms. The van der Waals surface area contributed by atoms with Crippen LogP contribution in [-0.4, -0.2) is 6.26 Å². The maximum Gasteiger partial charge on any atom is 0.00568 e. The summed E-state index contributed by atoms with van der Waals surface area (Å²) >= 11 is 1.66. The first kappa shape index (κ1) is 10.5. The zero-order chi connectivity index (χ0) is 6.69. The van der Waals surface area contributed by atoms with Crippen LogP contribution in [-0.2, 0) is 32.7 Å². The minimum atomic E-state index is 0. The predicted molar refractivity (Wildman–Crippen MR) is 42.2 cm³/mol. The summed E-state index contributed by atoms with van der Waals surface area (Å²) in [6.45, 7) is 0. The smallest absolute Gasteiger partial charge is 0.00568 e. The molecule has 0 atom stereocenters. The van der Waals surface area contributed by atoms with Crippen molar-refractivity contribution in [1.82, 2.24) is 0 Å². The third-order valence-electron chi connectivity index (χ3n) is 1.07. The van der Waals surface area contributed by atoms with Crippen LogP contribution in [0.3, 0.4) is 0 Å². The van der Waals surface area contributed by atoms with E-state index < -0.39 is 0 Å². The molecule has 0 saturated heterocycles. The van der Waals surface area contributed by atoms with Crippen molar-refractivity contribution in [2.45, 2.75) is 4.90 Å². The first-order chi connectivity index (χ1) is 4.33. The van der Waals surface area contributed by atoms with Crippen molar-refractivity contribution in [3.63, 3.8) is 0 Å². The Morgan fingerprint density at radius 1 is 1.40 bits per heavy atom. The average Bonchev–Trinajstić information content (AvgIpc) is 1.88.